The summed E-state index contributed by atoms with van der Waals surface area (Å²) in [6.07, 6.45) is 7.70. The molecule has 3 aliphatic rings. The van der Waals surface area contributed by atoms with Crippen molar-refractivity contribution in [3.63, 3.8) is 0 Å². The SMILES string of the molecule is CC1(C)CCc2c(N3CCCC3)nc3sc4c(NCCN5CCOCC5)ncnc4c3c2C1. The van der Waals surface area contributed by atoms with Crippen LogP contribution in [-0.2, 0) is 17.6 Å². The fraction of sp³-hybridized carbons (Fsp3) is 0.640. The Morgan fingerprint density at radius 2 is 1.91 bits per heavy atom. The smallest absolute Gasteiger partial charge is 0.147 e. The Hall–Kier alpha value is -2.03. The highest BCUT2D eigenvalue weighted by molar-refractivity contribution is 7.26. The van der Waals surface area contributed by atoms with E-state index in [2.05, 4.69) is 33.9 Å². The number of fused-ring (bicyclic) bond motifs is 5. The van der Waals surface area contributed by atoms with E-state index >= 15 is 0 Å². The first-order valence-corrected chi connectivity index (χ1v) is 13.3. The van der Waals surface area contributed by atoms with Gasteiger partial charge in [0.2, 0.25) is 0 Å². The summed E-state index contributed by atoms with van der Waals surface area (Å²) in [5.74, 6) is 2.19. The fourth-order valence-corrected chi connectivity index (χ4v) is 6.78. The molecule has 2 aliphatic heterocycles. The molecule has 0 unspecified atom stereocenters. The zero-order valence-corrected chi connectivity index (χ0v) is 20.6. The lowest BCUT2D eigenvalue weighted by molar-refractivity contribution is 0.0398. The first kappa shape index (κ1) is 21.5. The number of hydrogen-bond donors (Lipinski definition) is 1. The molecule has 3 aromatic rings. The van der Waals surface area contributed by atoms with Crippen LogP contribution in [0.2, 0.25) is 0 Å². The van der Waals surface area contributed by atoms with Crippen LogP contribution >= 0.6 is 11.3 Å². The standard InChI is InChI=1S/C25H34N6OS/c1-25(2)6-5-17-18(15-25)19-20-21(33-24(19)29-23(17)31-8-3-4-9-31)22(28-16-27-20)26-7-10-30-11-13-32-14-12-30/h16H,3-15H2,1-2H3,(H,26,27,28). The lowest BCUT2D eigenvalue weighted by Gasteiger charge is -2.34. The summed E-state index contributed by atoms with van der Waals surface area (Å²) in [5, 5.41) is 4.88. The highest BCUT2D eigenvalue weighted by Gasteiger charge is 2.32. The number of aromatic nitrogens is 3. The Balaban J connectivity index is 1.40. The molecule has 33 heavy (non-hydrogen) atoms. The molecule has 7 nitrogen and oxygen atoms in total. The molecule has 0 spiro atoms. The van der Waals surface area contributed by atoms with Gasteiger partial charge < -0.3 is 15.0 Å². The number of hydrogen-bond acceptors (Lipinski definition) is 8. The molecule has 2 saturated heterocycles. The van der Waals surface area contributed by atoms with Crippen LogP contribution in [0.5, 0.6) is 0 Å². The van der Waals surface area contributed by atoms with Crippen LogP contribution in [0.4, 0.5) is 11.6 Å². The topological polar surface area (TPSA) is 66.4 Å². The number of thiophene rings is 1. The minimum absolute atomic E-state index is 0.310. The van der Waals surface area contributed by atoms with E-state index in [1.165, 1.54) is 41.6 Å². The van der Waals surface area contributed by atoms with Crippen LogP contribution < -0.4 is 10.2 Å². The highest BCUT2D eigenvalue weighted by Crippen LogP contribution is 2.46. The number of rotatable bonds is 5. The Morgan fingerprint density at radius 1 is 1.09 bits per heavy atom. The van der Waals surface area contributed by atoms with Crippen LogP contribution in [0.1, 0.15) is 44.2 Å². The van der Waals surface area contributed by atoms with Crippen LogP contribution in [0.3, 0.4) is 0 Å². The molecule has 0 radical (unpaired) electrons. The van der Waals surface area contributed by atoms with Crippen molar-refractivity contribution >= 4 is 43.4 Å². The lowest BCUT2D eigenvalue weighted by Crippen LogP contribution is -2.39. The van der Waals surface area contributed by atoms with E-state index < -0.39 is 0 Å². The molecule has 0 saturated carbocycles. The molecule has 2 fully saturated rings. The summed E-state index contributed by atoms with van der Waals surface area (Å²) in [5.41, 5.74) is 4.35. The normalized spacial score (nSPS) is 21.1. The van der Waals surface area contributed by atoms with Gasteiger partial charge in [-0.15, -0.1) is 11.3 Å². The minimum Gasteiger partial charge on any atom is -0.379 e. The number of pyridine rings is 1. The van der Waals surface area contributed by atoms with E-state index in [1.54, 1.807) is 17.7 Å². The Kier molecular flexibility index (Phi) is 5.63. The maximum Gasteiger partial charge on any atom is 0.147 e. The average Bonchev–Trinajstić information content (AvgIpc) is 3.47. The summed E-state index contributed by atoms with van der Waals surface area (Å²) in [7, 11) is 0. The van der Waals surface area contributed by atoms with Gasteiger partial charge in [0.1, 0.15) is 22.8 Å². The van der Waals surface area contributed by atoms with Crippen LogP contribution in [0.25, 0.3) is 20.4 Å². The van der Waals surface area contributed by atoms with Gasteiger partial charge in [-0.1, -0.05) is 13.8 Å². The summed E-state index contributed by atoms with van der Waals surface area (Å²) in [6.45, 7) is 12.6. The van der Waals surface area contributed by atoms with Crippen molar-refractivity contribution < 1.29 is 4.74 Å². The van der Waals surface area contributed by atoms with Crippen molar-refractivity contribution in [1.82, 2.24) is 19.9 Å². The van der Waals surface area contributed by atoms with Gasteiger partial charge >= 0.3 is 0 Å². The van der Waals surface area contributed by atoms with Gasteiger partial charge in [-0.25, -0.2) is 15.0 Å². The molecular formula is C25H34N6OS. The molecule has 0 amide bonds. The van der Waals surface area contributed by atoms with E-state index in [-0.39, 0.29) is 0 Å². The molecule has 1 aliphatic carbocycles. The zero-order valence-electron chi connectivity index (χ0n) is 19.8. The van der Waals surface area contributed by atoms with Gasteiger partial charge in [-0.3, -0.25) is 4.90 Å². The Labute approximate surface area is 199 Å². The summed E-state index contributed by atoms with van der Waals surface area (Å²) in [4.78, 5) is 20.8. The summed E-state index contributed by atoms with van der Waals surface area (Å²) in [6, 6.07) is 0. The third-order valence-corrected chi connectivity index (χ3v) is 8.61. The van der Waals surface area contributed by atoms with Gasteiger partial charge in [-0.2, -0.15) is 0 Å². The van der Waals surface area contributed by atoms with E-state index in [9.17, 15) is 0 Å². The predicted octanol–water partition coefficient (Wildman–Crippen LogP) is 4.10. The Morgan fingerprint density at radius 3 is 2.73 bits per heavy atom. The molecule has 8 heteroatoms. The van der Waals surface area contributed by atoms with Gasteiger partial charge in [0.15, 0.2) is 0 Å². The summed E-state index contributed by atoms with van der Waals surface area (Å²) < 4.78 is 6.62. The van der Waals surface area contributed by atoms with Gasteiger partial charge in [-0.05, 0) is 48.6 Å². The van der Waals surface area contributed by atoms with Gasteiger partial charge in [0.05, 0.1) is 23.4 Å². The number of anilines is 2. The maximum absolute atomic E-state index is 5.47. The second-order valence-electron chi connectivity index (χ2n) is 10.5. The molecule has 3 aromatic heterocycles. The molecule has 0 atom stereocenters. The van der Waals surface area contributed by atoms with Crippen molar-refractivity contribution in [3.8, 4) is 0 Å². The Bertz CT molecular complexity index is 1160. The first-order chi connectivity index (χ1) is 16.1. The molecule has 1 N–H and O–H groups in total. The molecule has 5 heterocycles. The van der Waals surface area contributed by atoms with Gasteiger partial charge in [0.25, 0.3) is 0 Å². The molecule has 176 valence electrons. The van der Waals surface area contributed by atoms with Crippen LogP contribution in [0.15, 0.2) is 6.33 Å². The largest absolute Gasteiger partial charge is 0.379 e. The van der Waals surface area contributed by atoms with E-state index in [1.807, 2.05) is 0 Å². The van der Waals surface area contributed by atoms with E-state index in [0.29, 0.717) is 5.41 Å². The van der Waals surface area contributed by atoms with Crippen molar-refractivity contribution in [3.05, 3.63) is 17.5 Å². The number of morpholine rings is 1. The average molecular weight is 467 g/mol. The number of nitrogens with one attached hydrogen (secondary N) is 1. The number of nitrogens with zero attached hydrogens (tertiary/aromatic N) is 5. The van der Waals surface area contributed by atoms with E-state index in [4.69, 9.17) is 14.7 Å². The minimum atomic E-state index is 0.310. The van der Waals surface area contributed by atoms with Crippen molar-refractivity contribution in [2.75, 3.05) is 62.7 Å². The molecule has 0 bridgehead atoms. The summed E-state index contributed by atoms with van der Waals surface area (Å²) >= 11 is 1.76. The lowest BCUT2D eigenvalue weighted by atomic mass is 9.73. The quantitative estimate of drug-likeness (QED) is 0.607. The molecule has 0 aromatic carbocycles. The van der Waals surface area contributed by atoms with E-state index in [0.717, 1.165) is 86.2 Å². The monoisotopic (exact) mass is 466 g/mol. The van der Waals surface area contributed by atoms with Crippen molar-refractivity contribution in [1.29, 1.82) is 0 Å². The van der Waals surface area contributed by atoms with Crippen molar-refractivity contribution in [2.24, 2.45) is 5.41 Å². The second-order valence-corrected chi connectivity index (χ2v) is 11.5. The maximum atomic E-state index is 5.47. The van der Waals surface area contributed by atoms with Crippen LogP contribution in [0, 0.1) is 5.41 Å². The fourth-order valence-electron chi connectivity index (χ4n) is 5.66. The number of ether oxygens (including phenoxy) is 1. The predicted molar refractivity (Wildman–Crippen MR) is 136 cm³/mol. The third-order valence-electron chi connectivity index (χ3n) is 7.53. The molecular weight excluding hydrogens is 432 g/mol. The second kappa shape index (κ2) is 8.64. The van der Waals surface area contributed by atoms with Gasteiger partial charge in [0, 0.05) is 44.7 Å². The first-order valence-electron chi connectivity index (χ1n) is 12.5. The zero-order chi connectivity index (χ0) is 22.4. The molecule has 6 rings (SSSR count). The third kappa shape index (κ3) is 4.06. The van der Waals surface area contributed by atoms with Crippen molar-refractivity contribution in [2.45, 2.75) is 46.0 Å². The highest BCUT2D eigenvalue weighted by atomic mass is 32.1. The van der Waals surface area contributed by atoms with Crippen LogP contribution in [-0.4, -0.2) is 72.3 Å².